The summed E-state index contributed by atoms with van der Waals surface area (Å²) in [5, 5.41) is 3.91. The number of ether oxygens (including phenoxy) is 1. The van der Waals surface area contributed by atoms with Crippen molar-refractivity contribution in [3.63, 3.8) is 0 Å². The highest BCUT2D eigenvalue weighted by molar-refractivity contribution is 6.32. The number of hydrogen-bond acceptors (Lipinski definition) is 2. The molecule has 3 heteroatoms. The van der Waals surface area contributed by atoms with Crippen LogP contribution in [0.3, 0.4) is 0 Å². The Hall–Kier alpha value is -1.51. The van der Waals surface area contributed by atoms with Crippen LogP contribution < -0.4 is 10.1 Å². The Kier molecular flexibility index (Phi) is 4.62. The predicted octanol–water partition coefficient (Wildman–Crippen LogP) is 4.24. The fourth-order valence-electron chi connectivity index (χ4n) is 1.64. The Balaban J connectivity index is 2.12. The zero-order chi connectivity index (χ0) is 12.8. The second-order valence-corrected chi connectivity index (χ2v) is 4.37. The third kappa shape index (κ3) is 3.49. The first kappa shape index (κ1) is 12.9. The van der Waals surface area contributed by atoms with Gasteiger partial charge in [-0.2, -0.15) is 0 Å². The van der Waals surface area contributed by atoms with Gasteiger partial charge in [0.1, 0.15) is 11.5 Å². The van der Waals surface area contributed by atoms with Crippen molar-refractivity contribution in [1.82, 2.24) is 5.32 Å². The maximum absolute atomic E-state index is 6.06. The second-order valence-electron chi connectivity index (χ2n) is 3.96. The molecule has 2 rings (SSSR count). The number of benzene rings is 2. The summed E-state index contributed by atoms with van der Waals surface area (Å²) in [6, 6.07) is 15.5. The van der Waals surface area contributed by atoms with Crippen molar-refractivity contribution in [2.75, 3.05) is 6.54 Å². The van der Waals surface area contributed by atoms with Gasteiger partial charge >= 0.3 is 0 Å². The van der Waals surface area contributed by atoms with Crippen LogP contribution in [0.15, 0.2) is 48.5 Å². The number of hydrogen-bond donors (Lipinski definition) is 1. The van der Waals surface area contributed by atoms with Gasteiger partial charge < -0.3 is 10.1 Å². The van der Waals surface area contributed by atoms with Gasteiger partial charge in [0.05, 0.1) is 5.02 Å². The van der Waals surface area contributed by atoms with Gasteiger partial charge in [-0.25, -0.2) is 0 Å². The molecule has 18 heavy (non-hydrogen) atoms. The smallest absolute Gasteiger partial charge is 0.146 e. The van der Waals surface area contributed by atoms with Crippen molar-refractivity contribution < 1.29 is 4.74 Å². The van der Waals surface area contributed by atoms with Crippen molar-refractivity contribution in [1.29, 1.82) is 0 Å². The minimum atomic E-state index is 0.620. The molecule has 0 fully saturated rings. The lowest BCUT2D eigenvalue weighted by atomic mass is 10.2. The quantitative estimate of drug-likeness (QED) is 0.869. The van der Waals surface area contributed by atoms with E-state index in [4.69, 9.17) is 16.3 Å². The van der Waals surface area contributed by atoms with Crippen LogP contribution in [0.2, 0.25) is 5.02 Å². The average molecular weight is 262 g/mol. The molecule has 0 amide bonds. The lowest BCUT2D eigenvalue weighted by molar-refractivity contribution is 0.482. The van der Waals surface area contributed by atoms with E-state index >= 15 is 0 Å². The van der Waals surface area contributed by atoms with Gasteiger partial charge in [-0.1, -0.05) is 42.8 Å². The summed E-state index contributed by atoms with van der Waals surface area (Å²) >= 11 is 6.06. The van der Waals surface area contributed by atoms with Gasteiger partial charge in [0.25, 0.3) is 0 Å². The molecule has 0 radical (unpaired) electrons. The maximum Gasteiger partial charge on any atom is 0.146 e. The van der Waals surface area contributed by atoms with Crippen molar-refractivity contribution in [2.24, 2.45) is 0 Å². The van der Waals surface area contributed by atoms with E-state index in [1.54, 1.807) is 0 Å². The highest BCUT2D eigenvalue weighted by atomic mass is 35.5. The summed E-state index contributed by atoms with van der Waals surface area (Å²) in [6.45, 7) is 3.88. The molecule has 0 atom stereocenters. The number of para-hydroxylation sites is 1. The Morgan fingerprint density at radius 1 is 1.11 bits per heavy atom. The monoisotopic (exact) mass is 261 g/mol. The molecule has 0 bridgehead atoms. The Morgan fingerprint density at radius 3 is 2.72 bits per heavy atom. The van der Waals surface area contributed by atoms with Gasteiger partial charge in [0.2, 0.25) is 0 Å². The average Bonchev–Trinajstić information content (AvgIpc) is 2.40. The Bertz CT molecular complexity index is 513. The van der Waals surface area contributed by atoms with Crippen molar-refractivity contribution in [3.8, 4) is 11.5 Å². The van der Waals surface area contributed by atoms with Crippen LogP contribution >= 0.6 is 11.6 Å². The van der Waals surface area contributed by atoms with E-state index in [-0.39, 0.29) is 0 Å². The van der Waals surface area contributed by atoms with Gasteiger partial charge in [0.15, 0.2) is 0 Å². The molecule has 2 aromatic rings. The molecule has 2 aromatic carbocycles. The molecule has 0 aliphatic heterocycles. The van der Waals surface area contributed by atoms with E-state index in [1.165, 1.54) is 5.56 Å². The predicted molar refractivity (Wildman–Crippen MR) is 75.3 cm³/mol. The van der Waals surface area contributed by atoms with Crippen LogP contribution in [0.5, 0.6) is 11.5 Å². The number of halogens is 1. The summed E-state index contributed by atoms with van der Waals surface area (Å²) in [6.07, 6.45) is 0. The first-order valence-electron chi connectivity index (χ1n) is 6.01. The SMILES string of the molecule is CCNCc1cccc(Oc2ccccc2Cl)c1. The fourth-order valence-corrected chi connectivity index (χ4v) is 1.82. The summed E-state index contributed by atoms with van der Waals surface area (Å²) in [7, 11) is 0. The largest absolute Gasteiger partial charge is 0.456 e. The van der Waals surface area contributed by atoms with E-state index < -0.39 is 0 Å². The molecule has 0 aliphatic rings. The number of nitrogens with one attached hydrogen (secondary N) is 1. The van der Waals surface area contributed by atoms with Gasteiger partial charge in [-0.15, -0.1) is 0 Å². The Morgan fingerprint density at radius 2 is 1.94 bits per heavy atom. The first-order valence-corrected chi connectivity index (χ1v) is 6.39. The highest BCUT2D eigenvalue weighted by Crippen LogP contribution is 2.29. The molecule has 0 aromatic heterocycles. The molecule has 0 spiro atoms. The molecule has 94 valence electrons. The zero-order valence-electron chi connectivity index (χ0n) is 10.3. The van der Waals surface area contributed by atoms with Crippen LogP contribution in [0.4, 0.5) is 0 Å². The van der Waals surface area contributed by atoms with E-state index in [0.29, 0.717) is 10.8 Å². The highest BCUT2D eigenvalue weighted by Gasteiger charge is 2.02. The standard InChI is InChI=1S/C15H16ClNO/c1-2-17-11-12-6-5-7-13(10-12)18-15-9-4-3-8-14(15)16/h3-10,17H,2,11H2,1H3. The van der Waals surface area contributed by atoms with Gasteiger partial charge in [-0.05, 0) is 36.4 Å². The van der Waals surface area contributed by atoms with Crippen LogP contribution in [0.25, 0.3) is 0 Å². The third-order valence-corrected chi connectivity index (χ3v) is 2.85. The minimum Gasteiger partial charge on any atom is -0.456 e. The molecule has 0 unspecified atom stereocenters. The van der Waals surface area contributed by atoms with E-state index in [1.807, 2.05) is 42.5 Å². The molecule has 2 nitrogen and oxygen atoms in total. The van der Waals surface area contributed by atoms with Crippen molar-refractivity contribution in [2.45, 2.75) is 13.5 Å². The van der Waals surface area contributed by atoms with E-state index in [2.05, 4.69) is 18.3 Å². The summed E-state index contributed by atoms with van der Waals surface area (Å²) in [5.74, 6) is 1.48. The molecular weight excluding hydrogens is 246 g/mol. The van der Waals surface area contributed by atoms with Crippen LogP contribution in [0.1, 0.15) is 12.5 Å². The van der Waals surface area contributed by atoms with E-state index in [0.717, 1.165) is 18.8 Å². The number of rotatable bonds is 5. The normalized spacial score (nSPS) is 10.3. The molecule has 0 aliphatic carbocycles. The fraction of sp³-hybridized carbons (Fsp3) is 0.200. The van der Waals surface area contributed by atoms with Crippen LogP contribution in [-0.2, 0) is 6.54 Å². The molecule has 1 N–H and O–H groups in total. The van der Waals surface area contributed by atoms with Gasteiger partial charge in [-0.3, -0.25) is 0 Å². The third-order valence-electron chi connectivity index (χ3n) is 2.54. The van der Waals surface area contributed by atoms with Crippen molar-refractivity contribution >= 4 is 11.6 Å². The summed E-state index contributed by atoms with van der Waals surface area (Å²) < 4.78 is 5.77. The van der Waals surface area contributed by atoms with Gasteiger partial charge in [0, 0.05) is 6.54 Å². The summed E-state index contributed by atoms with van der Waals surface area (Å²) in [4.78, 5) is 0. The maximum atomic E-state index is 6.06. The summed E-state index contributed by atoms with van der Waals surface area (Å²) in [5.41, 5.74) is 1.20. The molecular formula is C15H16ClNO. The molecule has 0 saturated heterocycles. The minimum absolute atomic E-state index is 0.620. The topological polar surface area (TPSA) is 21.3 Å². The van der Waals surface area contributed by atoms with Crippen LogP contribution in [-0.4, -0.2) is 6.54 Å². The lowest BCUT2D eigenvalue weighted by Crippen LogP contribution is -2.11. The van der Waals surface area contributed by atoms with Crippen molar-refractivity contribution in [3.05, 3.63) is 59.1 Å². The van der Waals surface area contributed by atoms with Crippen LogP contribution in [0, 0.1) is 0 Å². The molecule has 0 heterocycles. The lowest BCUT2D eigenvalue weighted by Gasteiger charge is -2.09. The Labute approximate surface area is 113 Å². The first-order chi connectivity index (χ1) is 8.79. The second kappa shape index (κ2) is 6.43. The zero-order valence-corrected chi connectivity index (χ0v) is 11.1. The molecule has 0 saturated carbocycles. The van der Waals surface area contributed by atoms with E-state index in [9.17, 15) is 0 Å².